The van der Waals surface area contributed by atoms with Crippen molar-refractivity contribution in [1.29, 1.82) is 0 Å². The van der Waals surface area contributed by atoms with Gasteiger partial charge in [-0.15, -0.1) is 0 Å². The molecule has 2 heteroatoms. The zero-order valence-electron chi connectivity index (χ0n) is 50.2. The Labute approximate surface area is 365 Å². The molecule has 2 nitrogen and oxygen atoms in total. The minimum absolute atomic E-state index is 0.0310. The van der Waals surface area contributed by atoms with E-state index in [1.165, 1.54) is 6.07 Å². The molecule has 0 saturated carbocycles. The van der Waals surface area contributed by atoms with Crippen LogP contribution >= 0.6 is 0 Å². The van der Waals surface area contributed by atoms with Gasteiger partial charge in [0.15, 0.2) is 0 Å². The molecule has 1 heterocycles. The van der Waals surface area contributed by atoms with Gasteiger partial charge >= 0.3 is 0 Å². The molecule has 272 valence electrons. The molecule has 0 aliphatic rings. The molecule has 0 spiro atoms. The molecule has 0 aliphatic carbocycles. The van der Waals surface area contributed by atoms with Crippen LogP contribution in [0.1, 0.15) is 27.4 Å². The van der Waals surface area contributed by atoms with Crippen LogP contribution in [-0.2, 0) is 0 Å². The number of hydrogen-bond acceptors (Lipinski definition) is 2. The van der Waals surface area contributed by atoms with Crippen molar-refractivity contribution < 1.29 is 31.8 Å². The lowest BCUT2D eigenvalue weighted by atomic mass is 9.91. The molecule has 10 aromatic carbocycles. The highest BCUT2D eigenvalue weighted by Crippen LogP contribution is 2.44. The minimum atomic E-state index is -0.603. The summed E-state index contributed by atoms with van der Waals surface area (Å²) >= 11 is 0. The quantitative estimate of drug-likeness (QED) is 0.161. The van der Waals surface area contributed by atoms with E-state index in [4.69, 9.17) is 27.7 Å². The second-order valence-corrected chi connectivity index (χ2v) is 13.4. The van der Waals surface area contributed by atoms with Crippen LogP contribution < -0.4 is 4.90 Å². The van der Waals surface area contributed by atoms with Gasteiger partial charge in [-0.2, -0.15) is 0 Å². The number of furan rings is 1. The van der Waals surface area contributed by atoms with Crippen LogP contribution in [-0.4, -0.2) is 0 Å². The number of benzene rings is 10. The topological polar surface area (TPSA) is 16.4 Å². The molecule has 0 atom stereocenters. The van der Waals surface area contributed by atoms with Crippen molar-refractivity contribution in [3.05, 3.63) is 224 Å². The third kappa shape index (κ3) is 5.91. The van der Waals surface area contributed by atoms with Gasteiger partial charge in [0.05, 0.1) is 27.4 Å². The number of rotatable bonds is 7. The Kier molecular flexibility index (Phi) is 4.62. The second-order valence-electron chi connectivity index (χ2n) is 13.4. The van der Waals surface area contributed by atoms with Gasteiger partial charge < -0.3 is 9.32 Å². The van der Waals surface area contributed by atoms with E-state index in [0.717, 1.165) is 0 Å². The van der Waals surface area contributed by atoms with Crippen LogP contribution in [0.15, 0.2) is 228 Å². The molecule has 0 aliphatic heterocycles. The van der Waals surface area contributed by atoms with Crippen molar-refractivity contribution >= 4 is 60.5 Å². The van der Waals surface area contributed by atoms with E-state index in [9.17, 15) is 4.11 Å². The fraction of sp³-hybridized carbons (Fsp3) is 0. The summed E-state index contributed by atoms with van der Waals surface area (Å²) in [7, 11) is 0. The predicted molar refractivity (Wildman–Crippen MR) is 245 cm³/mol. The predicted octanol–water partition coefficient (Wildman–Crippen LogP) is 16.0. The lowest BCUT2D eigenvalue weighted by Gasteiger charge is -2.27. The average Bonchev–Trinajstić information content (AvgIpc) is 3.35. The van der Waals surface area contributed by atoms with Crippen LogP contribution in [0.25, 0.3) is 88.0 Å². The van der Waals surface area contributed by atoms with Crippen LogP contribution in [0.3, 0.4) is 0 Å². The van der Waals surface area contributed by atoms with Crippen LogP contribution in [0.2, 0.25) is 0 Å². The summed E-state index contributed by atoms with van der Waals surface area (Å²) in [5.41, 5.74) is 2.87. The van der Waals surface area contributed by atoms with E-state index in [0.29, 0.717) is 39.3 Å². The van der Waals surface area contributed by atoms with E-state index in [1.54, 1.807) is 102 Å². The van der Waals surface area contributed by atoms with Gasteiger partial charge in [-0.05, 0) is 121 Å². The Bertz CT molecular complexity index is 4420. The van der Waals surface area contributed by atoms with Crippen molar-refractivity contribution in [2.75, 3.05) is 4.90 Å². The number of para-hydroxylation sites is 1. The van der Waals surface area contributed by atoms with Crippen molar-refractivity contribution in [2.45, 2.75) is 0 Å². The highest BCUT2D eigenvalue weighted by Gasteiger charge is 2.19. The number of nitrogens with zero attached hydrogens (tertiary/aromatic N) is 1. The molecular formula is C56H37NO. The molecule has 11 aromatic rings. The van der Waals surface area contributed by atoms with Crippen LogP contribution in [0, 0.1) is 0 Å². The molecule has 0 unspecified atom stereocenters. The fourth-order valence-corrected chi connectivity index (χ4v) is 7.35. The summed E-state index contributed by atoms with van der Waals surface area (Å²) in [6, 6.07) is 19.2. The summed E-state index contributed by atoms with van der Waals surface area (Å²) in [6.45, 7) is 0. The summed E-state index contributed by atoms with van der Waals surface area (Å²) in [6.07, 6.45) is 0. The summed E-state index contributed by atoms with van der Waals surface area (Å²) in [5, 5.41) is -0.711. The van der Waals surface area contributed by atoms with Crippen LogP contribution in [0.4, 0.5) is 17.1 Å². The number of fused-ring (bicyclic) bond motifs is 6. The maximum absolute atomic E-state index is 9.94. The van der Waals surface area contributed by atoms with Crippen molar-refractivity contribution in [2.24, 2.45) is 0 Å². The first kappa shape index (κ1) is 19.0. The van der Waals surface area contributed by atoms with Gasteiger partial charge in [-0.3, -0.25) is 0 Å². The maximum Gasteiger partial charge on any atom is 0.136 e. The summed E-state index contributed by atoms with van der Waals surface area (Å²) < 4.78 is 181. The van der Waals surface area contributed by atoms with Crippen LogP contribution in [0.5, 0.6) is 0 Å². The first-order valence-electron chi connectivity index (χ1n) is 28.2. The Balaban J connectivity index is 1.19. The molecule has 58 heavy (non-hydrogen) atoms. The zero-order valence-corrected chi connectivity index (χ0v) is 30.2. The molecule has 0 amide bonds. The van der Waals surface area contributed by atoms with Crippen molar-refractivity contribution in [1.82, 2.24) is 0 Å². The van der Waals surface area contributed by atoms with E-state index < -0.39 is 103 Å². The first-order chi connectivity index (χ1) is 37.1. The lowest BCUT2D eigenvalue weighted by molar-refractivity contribution is 0.669. The SMILES string of the molecule is [2H]c1cc(-c2cccc(N(c3ccc(-c4c([2H])c([2H])c([2H])c([2H])c4[2H])cc3)c3ccc(-c4c([2H])c([2H])c5c([2H])c([2H])c6oc7c([2H])c([2H])c([2H])c([2H])c7c6c5c4[2H])c(-c4ccccc4)c3)c2)c2c([2H])c([2H])c([2H])c([2H])c2c1[2H]. The van der Waals surface area contributed by atoms with Gasteiger partial charge in [-0.25, -0.2) is 0 Å². The van der Waals surface area contributed by atoms with E-state index >= 15 is 0 Å². The largest absolute Gasteiger partial charge is 0.456 e. The molecule has 0 fully saturated rings. The number of anilines is 3. The Morgan fingerprint density at radius 3 is 1.95 bits per heavy atom. The summed E-state index contributed by atoms with van der Waals surface area (Å²) in [5.74, 6) is 0. The maximum atomic E-state index is 9.94. The molecule has 0 saturated heterocycles. The second kappa shape index (κ2) is 14.1. The van der Waals surface area contributed by atoms with Gasteiger partial charge in [0.25, 0.3) is 0 Å². The third-order valence-corrected chi connectivity index (χ3v) is 10.0. The fourth-order valence-electron chi connectivity index (χ4n) is 7.35. The molecule has 11 rings (SSSR count). The molecular weight excluding hydrogens is 703 g/mol. The molecule has 0 N–H and O–H groups in total. The monoisotopic (exact) mass is 759 g/mol. The van der Waals surface area contributed by atoms with Gasteiger partial charge in [0, 0.05) is 27.8 Å². The normalized spacial score (nSPS) is 16.3. The minimum Gasteiger partial charge on any atom is -0.456 e. The first-order valence-corrected chi connectivity index (χ1v) is 18.2. The Morgan fingerprint density at radius 2 is 1.07 bits per heavy atom. The molecule has 1 aromatic heterocycles. The van der Waals surface area contributed by atoms with Gasteiger partial charge in [-0.1, -0.05) is 169 Å². The number of hydrogen-bond donors (Lipinski definition) is 0. The van der Waals surface area contributed by atoms with Crippen molar-refractivity contribution in [3.8, 4) is 44.5 Å². The Morgan fingerprint density at radius 1 is 0.362 bits per heavy atom. The lowest BCUT2D eigenvalue weighted by Crippen LogP contribution is -2.10. The van der Waals surface area contributed by atoms with E-state index in [1.807, 2.05) is 0 Å². The van der Waals surface area contributed by atoms with Gasteiger partial charge in [0.2, 0.25) is 0 Å². The smallest absolute Gasteiger partial charge is 0.136 e. The standard InChI is InChI=1S/C56H37NO/c1-3-13-38(14-4-1)39-27-30-45(31-28-39)57(46-20-11-19-43(35-46)49-23-12-18-40-17-7-8-21-48(40)49)47-32-33-50(52(37-47)41-15-5-2-6-16-41)44-26-25-42-29-34-55-56(53(42)36-44)51-22-9-10-24-54(51)58-55/h1-37H/i1D,3D,4D,7D,8D,9D,10D,12D,13D,14D,17D,18D,21D,22D,24D,25D,26D,29D,34D,36D. The highest BCUT2D eigenvalue weighted by atomic mass is 16.3. The Hall–Kier alpha value is -7.68. The molecule has 0 radical (unpaired) electrons. The highest BCUT2D eigenvalue weighted by molar-refractivity contribution is 6.19. The van der Waals surface area contributed by atoms with Crippen molar-refractivity contribution in [3.63, 3.8) is 0 Å². The third-order valence-electron chi connectivity index (χ3n) is 10.0. The van der Waals surface area contributed by atoms with E-state index in [2.05, 4.69) is 0 Å². The van der Waals surface area contributed by atoms with E-state index in [-0.39, 0.29) is 83.9 Å². The zero-order chi connectivity index (χ0) is 55.8. The van der Waals surface area contributed by atoms with Gasteiger partial charge in [0.1, 0.15) is 11.2 Å². The summed E-state index contributed by atoms with van der Waals surface area (Å²) in [4.78, 5) is 1.81. The average molecular weight is 760 g/mol. The molecule has 0 bridgehead atoms.